The van der Waals surface area contributed by atoms with Crippen molar-refractivity contribution >= 4 is 11.9 Å². The second kappa shape index (κ2) is 30.2. The molecule has 0 fully saturated rings. The maximum atomic E-state index is 12.5. The van der Waals surface area contributed by atoms with Crippen LogP contribution in [0.25, 0.3) is 0 Å². The van der Waals surface area contributed by atoms with Gasteiger partial charge in [-0.15, -0.1) is 0 Å². The molecule has 0 heterocycles. The first kappa shape index (κ1) is 36.7. The summed E-state index contributed by atoms with van der Waals surface area (Å²) in [4.78, 5) is 23.0. The molecule has 0 saturated heterocycles. The standard InChI is InChI=1S/C34H64O4/c1-3-5-7-9-10-11-12-13-14-15-20-23-27-31-34(37)38-32(28-24-8-6-4-2)29-25-21-18-16-17-19-22-26-30-33(35)36/h11-12,32H,3-10,13-31H2,1-2H3,(H,35,36)/b12-11-/t32-/m1/s1. The third-order valence-corrected chi connectivity index (χ3v) is 7.49. The number of carbonyl (C=O) groups excluding carboxylic acids is 1. The molecule has 38 heavy (non-hydrogen) atoms. The van der Waals surface area contributed by atoms with E-state index >= 15 is 0 Å². The number of hydrogen-bond acceptors (Lipinski definition) is 3. The molecule has 0 aromatic rings. The Morgan fingerprint density at radius 3 is 1.45 bits per heavy atom. The number of carboxylic acid groups (broad SMARTS) is 1. The lowest BCUT2D eigenvalue weighted by Gasteiger charge is -2.18. The SMILES string of the molecule is CCCCCC/C=C\CCCCCCCC(=O)O[C@H](CCCCCC)CCCCCCCCCCC(=O)O. The lowest BCUT2D eigenvalue weighted by atomic mass is 10.0. The number of rotatable bonds is 30. The molecule has 224 valence electrons. The maximum Gasteiger partial charge on any atom is 0.306 e. The van der Waals surface area contributed by atoms with Gasteiger partial charge in [-0.3, -0.25) is 9.59 Å². The number of allylic oxidation sites excluding steroid dienone is 2. The van der Waals surface area contributed by atoms with Crippen molar-refractivity contribution in [3.63, 3.8) is 0 Å². The fourth-order valence-corrected chi connectivity index (χ4v) is 5.00. The van der Waals surface area contributed by atoms with E-state index in [1.807, 2.05) is 0 Å². The summed E-state index contributed by atoms with van der Waals surface area (Å²) in [6, 6.07) is 0. The lowest BCUT2D eigenvalue weighted by Crippen LogP contribution is -2.18. The van der Waals surface area contributed by atoms with Gasteiger partial charge < -0.3 is 9.84 Å². The van der Waals surface area contributed by atoms with Crippen LogP contribution < -0.4 is 0 Å². The predicted octanol–water partition coefficient (Wildman–Crippen LogP) is 11.1. The molecule has 1 N–H and O–H groups in total. The second-order valence-corrected chi connectivity index (χ2v) is 11.3. The Morgan fingerprint density at radius 1 is 0.553 bits per heavy atom. The molecule has 0 radical (unpaired) electrons. The minimum Gasteiger partial charge on any atom is -0.481 e. The van der Waals surface area contributed by atoms with Gasteiger partial charge in [0.25, 0.3) is 0 Å². The number of carboxylic acids is 1. The third kappa shape index (κ3) is 29.2. The van der Waals surface area contributed by atoms with Gasteiger partial charge in [0.1, 0.15) is 6.10 Å². The molecular weight excluding hydrogens is 472 g/mol. The Hall–Kier alpha value is -1.32. The number of hydrogen-bond donors (Lipinski definition) is 1. The summed E-state index contributed by atoms with van der Waals surface area (Å²) in [5.74, 6) is -0.671. The fraction of sp³-hybridized carbons (Fsp3) is 0.882. The van der Waals surface area contributed by atoms with Gasteiger partial charge in [-0.05, 0) is 64.2 Å². The van der Waals surface area contributed by atoms with E-state index in [2.05, 4.69) is 26.0 Å². The molecule has 0 aliphatic heterocycles. The van der Waals surface area contributed by atoms with Crippen LogP contribution in [0.3, 0.4) is 0 Å². The number of aliphatic carboxylic acids is 1. The summed E-state index contributed by atoms with van der Waals surface area (Å²) < 4.78 is 5.93. The molecule has 0 rings (SSSR count). The largest absolute Gasteiger partial charge is 0.481 e. The van der Waals surface area contributed by atoms with Crippen molar-refractivity contribution in [1.82, 2.24) is 0 Å². The molecule has 0 saturated carbocycles. The molecule has 0 unspecified atom stereocenters. The molecule has 0 spiro atoms. The Balaban J connectivity index is 3.86. The molecular formula is C34H64O4. The zero-order valence-corrected chi connectivity index (χ0v) is 25.5. The van der Waals surface area contributed by atoms with Crippen molar-refractivity contribution in [2.75, 3.05) is 0 Å². The van der Waals surface area contributed by atoms with Crippen LogP contribution in [0, 0.1) is 0 Å². The van der Waals surface area contributed by atoms with E-state index in [1.54, 1.807) is 0 Å². The van der Waals surface area contributed by atoms with E-state index in [-0.39, 0.29) is 12.1 Å². The first-order valence-electron chi connectivity index (χ1n) is 16.7. The topological polar surface area (TPSA) is 63.6 Å². The zero-order valence-electron chi connectivity index (χ0n) is 25.5. The van der Waals surface area contributed by atoms with Crippen LogP contribution in [-0.2, 0) is 14.3 Å². The van der Waals surface area contributed by atoms with Crippen LogP contribution in [0.2, 0.25) is 0 Å². The van der Waals surface area contributed by atoms with Crippen molar-refractivity contribution in [2.45, 2.75) is 193 Å². The monoisotopic (exact) mass is 536 g/mol. The average Bonchev–Trinajstić information content (AvgIpc) is 2.90. The van der Waals surface area contributed by atoms with Crippen molar-refractivity contribution in [3.8, 4) is 0 Å². The van der Waals surface area contributed by atoms with Gasteiger partial charge in [0, 0.05) is 12.8 Å². The van der Waals surface area contributed by atoms with Crippen molar-refractivity contribution < 1.29 is 19.4 Å². The van der Waals surface area contributed by atoms with E-state index in [0.717, 1.165) is 57.8 Å². The van der Waals surface area contributed by atoms with Crippen molar-refractivity contribution in [2.24, 2.45) is 0 Å². The van der Waals surface area contributed by atoms with Gasteiger partial charge in [0.05, 0.1) is 0 Å². The van der Waals surface area contributed by atoms with Gasteiger partial charge in [-0.1, -0.05) is 122 Å². The van der Waals surface area contributed by atoms with E-state index in [9.17, 15) is 9.59 Å². The summed E-state index contributed by atoms with van der Waals surface area (Å²) in [7, 11) is 0. The zero-order chi connectivity index (χ0) is 27.9. The van der Waals surface area contributed by atoms with Gasteiger partial charge in [-0.25, -0.2) is 0 Å². The molecule has 0 aromatic heterocycles. The molecule has 0 bridgehead atoms. The highest BCUT2D eigenvalue weighted by atomic mass is 16.5. The van der Waals surface area contributed by atoms with E-state index in [0.29, 0.717) is 12.8 Å². The lowest BCUT2D eigenvalue weighted by molar-refractivity contribution is -0.150. The third-order valence-electron chi connectivity index (χ3n) is 7.49. The predicted molar refractivity (Wildman–Crippen MR) is 163 cm³/mol. The molecule has 1 atom stereocenters. The number of esters is 1. The molecule has 0 aliphatic carbocycles. The Morgan fingerprint density at radius 2 is 0.947 bits per heavy atom. The van der Waals surface area contributed by atoms with Gasteiger partial charge >= 0.3 is 11.9 Å². The van der Waals surface area contributed by atoms with Gasteiger partial charge in [-0.2, -0.15) is 0 Å². The minimum atomic E-state index is -0.683. The number of ether oxygens (including phenoxy) is 1. The van der Waals surface area contributed by atoms with E-state index in [1.165, 1.54) is 103 Å². The van der Waals surface area contributed by atoms with Crippen LogP contribution in [0.1, 0.15) is 187 Å². The summed E-state index contributed by atoms with van der Waals surface area (Å²) in [5, 5.41) is 8.69. The molecule has 0 aromatic carbocycles. The van der Waals surface area contributed by atoms with E-state index in [4.69, 9.17) is 9.84 Å². The molecule has 0 aliphatic rings. The highest BCUT2D eigenvalue weighted by Crippen LogP contribution is 2.18. The summed E-state index contributed by atoms with van der Waals surface area (Å²) in [5.41, 5.74) is 0. The molecule has 0 amide bonds. The molecule has 4 heteroatoms. The maximum absolute atomic E-state index is 12.5. The van der Waals surface area contributed by atoms with Crippen molar-refractivity contribution in [3.05, 3.63) is 12.2 Å². The van der Waals surface area contributed by atoms with Crippen LogP contribution in [0.5, 0.6) is 0 Å². The smallest absolute Gasteiger partial charge is 0.306 e. The van der Waals surface area contributed by atoms with E-state index < -0.39 is 5.97 Å². The summed E-state index contributed by atoms with van der Waals surface area (Å²) >= 11 is 0. The first-order valence-corrected chi connectivity index (χ1v) is 16.7. The van der Waals surface area contributed by atoms with Crippen LogP contribution in [0.4, 0.5) is 0 Å². The molecule has 4 nitrogen and oxygen atoms in total. The van der Waals surface area contributed by atoms with Crippen LogP contribution >= 0.6 is 0 Å². The highest BCUT2D eigenvalue weighted by Gasteiger charge is 2.14. The average molecular weight is 537 g/mol. The second-order valence-electron chi connectivity index (χ2n) is 11.3. The normalized spacial score (nSPS) is 12.3. The van der Waals surface area contributed by atoms with Gasteiger partial charge in [0.15, 0.2) is 0 Å². The number of unbranched alkanes of at least 4 members (excludes halogenated alkanes) is 19. The van der Waals surface area contributed by atoms with Crippen LogP contribution in [0.15, 0.2) is 12.2 Å². The Kier molecular flexibility index (Phi) is 29.2. The quantitative estimate of drug-likeness (QED) is 0.0563. The van der Waals surface area contributed by atoms with Crippen LogP contribution in [-0.4, -0.2) is 23.1 Å². The summed E-state index contributed by atoms with van der Waals surface area (Å²) in [6.07, 6.45) is 35.2. The Labute approximate surface area is 236 Å². The fourth-order valence-electron chi connectivity index (χ4n) is 5.00. The minimum absolute atomic E-state index is 0.0119. The van der Waals surface area contributed by atoms with Crippen molar-refractivity contribution in [1.29, 1.82) is 0 Å². The number of carbonyl (C=O) groups is 2. The Bertz CT molecular complexity index is 543. The van der Waals surface area contributed by atoms with Gasteiger partial charge in [0.2, 0.25) is 0 Å². The summed E-state index contributed by atoms with van der Waals surface area (Å²) in [6.45, 7) is 4.49. The first-order chi connectivity index (χ1) is 18.6. The highest BCUT2D eigenvalue weighted by molar-refractivity contribution is 5.69.